The average molecular weight is 283 g/mol. The second-order valence-corrected chi connectivity index (χ2v) is 4.87. The van der Waals surface area contributed by atoms with E-state index in [9.17, 15) is 5.11 Å². The maximum atomic E-state index is 10.4. The molecule has 0 radical (unpaired) electrons. The summed E-state index contributed by atoms with van der Waals surface area (Å²) in [6.07, 6.45) is -0.625. The molecule has 2 atom stereocenters. The molecule has 1 rings (SSSR count). The number of ether oxygens (including phenoxy) is 3. The fourth-order valence-corrected chi connectivity index (χ4v) is 2.01. The molecule has 1 aromatic carbocycles. The van der Waals surface area contributed by atoms with Crippen LogP contribution < -0.4 is 9.47 Å². The highest BCUT2D eigenvalue weighted by atomic mass is 16.5. The molecule has 0 aliphatic carbocycles. The number of nitrogens with zero attached hydrogens (tertiary/aromatic N) is 1. The van der Waals surface area contributed by atoms with E-state index in [0.29, 0.717) is 24.7 Å². The number of hydrogen-bond donors (Lipinski definition) is 1. The number of likely N-dealkylation sites (N-methyl/N-ethyl adjacent to an activating group) is 1. The first-order chi connectivity index (χ1) is 9.53. The topological polar surface area (TPSA) is 51.2 Å². The zero-order valence-electron chi connectivity index (χ0n) is 12.9. The Hall–Kier alpha value is -1.30. The van der Waals surface area contributed by atoms with Crippen molar-refractivity contribution in [2.45, 2.75) is 19.1 Å². The third kappa shape index (κ3) is 4.37. The number of benzene rings is 1. The van der Waals surface area contributed by atoms with E-state index in [4.69, 9.17) is 14.2 Å². The Bertz CT molecular complexity index is 411. The first kappa shape index (κ1) is 16.8. The standard InChI is InChI=1S/C15H25NO4/c1-11(10-18-3)16(2)9-14(17)13-7-6-12(19-4)8-15(13)20-5/h6-8,11,14,17H,9-10H2,1-5H3. The zero-order valence-corrected chi connectivity index (χ0v) is 12.9. The molecule has 0 aromatic heterocycles. The fraction of sp³-hybridized carbons (Fsp3) is 0.600. The predicted molar refractivity (Wildman–Crippen MR) is 78.5 cm³/mol. The summed E-state index contributed by atoms with van der Waals surface area (Å²) in [6.45, 7) is 3.19. The fourth-order valence-electron chi connectivity index (χ4n) is 2.01. The van der Waals surface area contributed by atoms with Crippen LogP contribution in [-0.4, -0.2) is 57.6 Å². The normalized spacial score (nSPS) is 14.2. The van der Waals surface area contributed by atoms with Crippen molar-refractivity contribution >= 4 is 0 Å². The number of hydrogen-bond acceptors (Lipinski definition) is 5. The molecule has 0 saturated carbocycles. The van der Waals surface area contributed by atoms with Crippen LogP contribution in [0.2, 0.25) is 0 Å². The lowest BCUT2D eigenvalue weighted by molar-refractivity contribution is 0.0698. The van der Waals surface area contributed by atoms with Gasteiger partial charge in [-0.3, -0.25) is 4.90 Å². The van der Waals surface area contributed by atoms with Gasteiger partial charge in [0.2, 0.25) is 0 Å². The Morgan fingerprint density at radius 1 is 1.20 bits per heavy atom. The van der Waals surface area contributed by atoms with Crippen LogP contribution >= 0.6 is 0 Å². The van der Waals surface area contributed by atoms with Crippen molar-refractivity contribution in [1.82, 2.24) is 4.90 Å². The van der Waals surface area contributed by atoms with E-state index in [2.05, 4.69) is 11.8 Å². The minimum atomic E-state index is -0.625. The van der Waals surface area contributed by atoms with Crippen LogP contribution in [0.25, 0.3) is 0 Å². The average Bonchev–Trinajstić information content (AvgIpc) is 2.46. The van der Waals surface area contributed by atoms with E-state index in [1.54, 1.807) is 27.4 Å². The van der Waals surface area contributed by atoms with Crippen molar-refractivity contribution in [3.63, 3.8) is 0 Å². The van der Waals surface area contributed by atoms with Gasteiger partial charge in [-0.05, 0) is 26.1 Å². The lowest BCUT2D eigenvalue weighted by Crippen LogP contribution is -2.35. The largest absolute Gasteiger partial charge is 0.497 e. The second kappa shape index (κ2) is 8.09. The quantitative estimate of drug-likeness (QED) is 0.787. The molecule has 1 aromatic rings. The predicted octanol–water partition coefficient (Wildman–Crippen LogP) is 1.70. The molecule has 0 aliphatic heterocycles. The van der Waals surface area contributed by atoms with Gasteiger partial charge in [-0.25, -0.2) is 0 Å². The van der Waals surface area contributed by atoms with Crippen molar-refractivity contribution in [3.8, 4) is 11.5 Å². The molecule has 0 bridgehead atoms. The molecule has 1 N–H and O–H groups in total. The van der Waals surface area contributed by atoms with Gasteiger partial charge < -0.3 is 19.3 Å². The molecule has 2 unspecified atom stereocenters. The Morgan fingerprint density at radius 3 is 2.45 bits per heavy atom. The molecular formula is C15H25NO4. The zero-order chi connectivity index (χ0) is 15.1. The molecule has 5 heteroatoms. The summed E-state index contributed by atoms with van der Waals surface area (Å²) in [4.78, 5) is 2.05. The van der Waals surface area contributed by atoms with Gasteiger partial charge in [0.05, 0.1) is 26.9 Å². The summed E-state index contributed by atoms with van der Waals surface area (Å²) in [5.74, 6) is 1.34. The molecule has 20 heavy (non-hydrogen) atoms. The minimum Gasteiger partial charge on any atom is -0.497 e. The maximum absolute atomic E-state index is 10.4. The van der Waals surface area contributed by atoms with Crippen molar-refractivity contribution in [2.75, 3.05) is 41.5 Å². The highest BCUT2D eigenvalue weighted by Gasteiger charge is 2.18. The molecule has 0 saturated heterocycles. The molecule has 0 heterocycles. The summed E-state index contributed by atoms with van der Waals surface area (Å²) in [7, 11) is 6.82. The molecule has 0 fully saturated rings. The van der Waals surface area contributed by atoms with E-state index < -0.39 is 6.10 Å². The summed E-state index contributed by atoms with van der Waals surface area (Å²) in [5.41, 5.74) is 0.754. The highest BCUT2D eigenvalue weighted by molar-refractivity contribution is 5.42. The van der Waals surface area contributed by atoms with Crippen molar-refractivity contribution < 1.29 is 19.3 Å². The first-order valence-corrected chi connectivity index (χ1v) is 6.62. The molecule has 0 amide bonds. The Morgan fingerprint density at radius 2 is 1.90 bits per heavy atom. The van der Waals surface area contributed by atoms with E-state index in [1.165, 1.54) is 0 Å². The lowest BCUT2D eigenvalue weighted by Gasteiger charge is -2.27. The van der Waals surface area contributed by atoms with Crippen molar-refractivity contribution in [3.05, 3.63) is 23.8 Å². The van der Waals surface area contributed by atoms with Crippen LogP contribution in [-0.2, 0) is 4.74 Å². The minimum absolute atomic E-state index is 0.235. The van der Waals surface area contributed by atoms with Crippen LogP contribution in [0, 0.1) is 0 Å². The third-order valence-electron chi connectivity index (χ3n) is 3.42. The van der Waals surface area contributed by atoms with Crippen molar-refractivity contribution in [2.24, 2.45) is 0 Å². The van der Waals surface area contributed by atoms with Crippen molar-refractivity contribution in [1.29, 1.82) is 0 Å². The lowest BCUT2D eigenvalue weighted by atomic mass is 10.1. The first-order valence-electron chi connectivity index (χ1n) is 6.62. The summed E-state index contributed by atoms with van der Waals surface area (Å²) >= 11 is 0. The smallest absolute Gasteiger partial charge is 0.128 e. The summed E-state index contributed by atoms with van der Waals surface area (Å²) in [6, 6.07) is 5.66. The van der Waals surface area contributed by atoms with Crippen LogP contribution in [0.15, 0.2) is 18.2 Å². The van der Waals surface area contributed by atoms with Gasteiger partial charge in [-0.15, -0.1) is 0 Å². The van der Waals surface area contributed by atoms with Crippen LogP contribution in [0.3, 0.4) is 0 Å². The highest BCUT2D eigenvalue weighted by Crippen LogP contribution is 2.29. The maximum Gasteiger partial charge on any atom is 0.128 e. The van der Waals surface area contributed by atoms with Crippen LogP contribution in [0.5, 0.6) is 11.5 Å². The van der Waals surface area contributed by atoms with E-state index in [1.807, 2.05) is 19.2 Å². The van der Waals surface area contributed by atoms with E-state index in [-0.39, 0.29) is 6.04 Å². The SMILES string of the molecule is COCC(C)N(C)CC(O)c1ccc(OC)cc1OC. The number of rotatable bonds is 8. The van der Waals surface area contributed by atoms with Crippen LogP contribution in [0.4, 0.5) is 0 Å². The molecular weight excluding hydrogens is 258 g/mol. The monoisotopic (exact) mass is 283 g/mol. The molecule has 5 nitrogen and oxygen atoms in total. The molecule has 114 valence electrons. The van der Waals surface area contributed by atoms with Gasteiger partial charge in [-0.1, -0.05) is 0 Å². The summed E-state index contributed by atoms with van der Waals surface area (Å²) in [5, 5.41) is 10.4. The third-order valence-corrected chi connectivity index (χ3v) is 3.42. The van der Waals surface area contributed by atoms with E-state index in [0.717, 1.165) is 5.56 Å². The van der Waals surface area contributed by atoms with E-state index >= 15 is 0 Å². The van der Waals surface area contributed by atoms with Gasteiger partial charge in [0, 0.05) is 31.3 Å². The van der Waals surface area contributed by atoms with Gasteiger partial charge in [0.1, 0.15) is 11.5 Å². The molecule has 0 spiro atoms. The molecule has 0 aliphatic rings. The van der Waals surface area contributed by atoms with Gasteiger partial charge in [0.25, 0.3) is 0 Å². The summed E-state index contributed by atoms with van der Waals surface area (Å²) < 4.78 is 15.6. The number of methoxy groups -OCH3 is 3. The van der Waals surface area contributed by atoms with Gasteiger partial charge in [0.15, 0.2) is 0 Å². The van der Waals surface area contributed by atoms with Gasteiger partial charge in [-0.2, -0.15) is 0 Å². The number of aliphatic hydroxyl groups excluding tert-OH is 1. The van der Waals surface area contributed by atoms with Gasteiger partial charge >= 0.3 is 0 Å². The Kier molecular flexibility index (Phi) is 6.78. The Labute approximate surface area is 121 Å². The van der Waals surface area contributed by atoms with Crippen LogP contribution in [0.1, 0.15) is 18.6 Å². The Balaban J connectivity index is 2.78. The second-order valence-electron chi connectivity index (χ2n) is 4.87. The number of aliphatic hydroxyl groups is 1.